The van der Waals surface area contributed by atoms with Gasteiger partial charge in [0, 0.05) is 5.39 Å². The van der Waals surface area contributed by atoms with Crippen LogP contribution in [0.5, 0.6) is 0 Å². The van der Waals surface area contributed by atoms with E-state index in [1.807, 2.05) is 47.9 Å². The van der Waals surface area contributed by atoms with Gasteiger partial charge in [0.15, 0.2) is 5.29 Å². The van der Waals surface area contributed by atoms with E-state index < -0.39 is 0 Å². The summed E-state index contributed by atoms with van der Waals surface area (Å²) in [6.45, 7) is 0. The molecule has 2 aromatic heterocycles. The number of fused-ring (bicyclic) bond motifs is 1. The highest BCUT2D eigenvalue weighted by Gasteiger charge is 2.20. The zero-order valence-electron chi connectivity index (χ0n) is 10.9. The maximum Gasteiger partial charge on any atom is 0.196 e. The highest BCUT2D eigenvalue weighted by Crippen LogP contribution is 2.32. The fourth-order valence-electron chi connectivity index (χ4n) is 2.37. The quantitative estimate of drug-likeness (QED) is 0.691. The van der Waals surface area contributed by atoms with Crippen LogP contribution in [-0.4, -0.2) is 5.29 Å². The Balaban J connectivity index is 1.77. The first-order valence-corrected chi connectivity index (χ1v) is 7.80. The van der Waals surface area contributed by atoms with Gasteiger partial charge in [-0.25, -0.2) is 4.99 Å². The summed E-state index contributed by atoms with van der Waals surface area (Å²) >= 11 is 7.79. The van der Waals surface area contributed by atoms with Gasteiger partial charge in [0.1, 0.15) is 17.4 Å². The Morgan fingerprint density at radius 3 is 2.90 bits per heavy atom. The van der Waals surface area contributed by atoms with Gasteiger partial charge < -0.3 is 9.73 Å². The van der Waals surface area contributed by atoms with E-state index in [0.717, 1.165) is 27.3 Å². The van der Waals surface area contributed by atoms with E-state index in [1.54, 1.807) is 11.3 Å². The van der Waals surface area contributed by atoms with Crippen molar-refractivity contribution in [2.45, 2.75) is 6.04 Å². The number of para-hydroxylation sites is 1. The summed E-state index contributed by atoms with van der Waals surface area (Å²) in [6, 6.07) is 13.8. The van der Waals surface area contributed by atoms with Gasteiger partial charge in [-0.15, -0.1) is 11.3 Å². The van der Waals surface area contributed by atoms with E-state index >= 15 is 0 Å². The lowest BCUT2D eigenvalue weighted by Crippen LogP contribution is -2.21. The van der Waals surface area contributed by atoms with Crippen LogP contribution in [0, 0.1) is 0 Å². The summed E-state index contributed by atoms with van der Waals surface area (Å²) in [7, 11) is 0. The molecule has 3 heterocycles. The maximum atomic E-state index is 6.13. The average molecular weight is 315 g/mol. The first-order chi connectivity index (χ1) is 10.3. The van der Waals surface area contributed by atoms with Gasteiger partial charge in [-0.05, 0) is 41.3 Å². The summed E-state index contributed by atoms with van der Waals surface area (Å²) in [5.74, 6) is 0.796. The molecule has 1 aromatic carbocycles. The van der Waals surface area contributed by atoms with Gasteiger partial charge in [-0.2, -0.15) is 0 Å². The van der Waals surface area contributed by atoms with E-state index in [2.05, 4.69) is 16.4 Å². The van der Waals surface area contributed by atoms with Gasteiger partial charge in [0.2, 0.25) is 0 Å². The number of aliphatic imine (C=N–C) groups is 1. The smallest absolute Gasteiger partial charge is 0.196 e. The molecule has 3 aromatic rings. The number of benzene rings is 1. The molecule has 0 saturated carbocycles. The van der Waals surface area contributed by atoms with Crippen LogP contribution >= 0.6 is 22.9 Å². The molecule has 0 aliphatic carbocycles. The first-order valence-electron chi connectivity index (χ1n) is 6.54. The highest BCUT2D eigenvalue weighted by atomic mass is 35.5. The molecular formula is C16H11ClN2OS. The largest absolute Gasteiger partial charge is 0.458 e. The Kier molecular flexibility index (Phi) is 3.05. The Hall–Kier alpha value is -2.04. The maximum absolute atomic E-state index is 6.13. The summed E-state index contributed by atoms with van der Waals surface area (Å²) in [6.07, 6.45) is 2.04. The third-order valence-corrected chi connectivity index (χ3v) is 4.43. The standard InChI is InChI=1S/C16H11ClN2OS/c17-16-18-11(9-12(19-16)15-6-3-7-21-15)14-8-10-4-1-2-5-13(10)20-14/h1-9,11H,(H,18,19). The Morgan fingerprint density at radius 1 is 1.19 bits per heavy atom. The van der Waals surface area contributed by atoms with Crippen LogP contribution in [-0.2, 0) is 0 Å². The van der Waals surface area contributed by atoms with Crippen LogP contribution in [0.25, 0.3) is 16.7 Å². The molecule has 3 nitrogen and oxygen atoms in total. The van der Waals surface area contributed by atoms with Crippen LogP contribution in [0.1, 0.15) is 16.7 Å². The summed E-state index contributed by atoms with van der Waals surface area (Å²) in [4.78, 5) is 5.54. The van der Waals surface area contributed by atoms with E-state index in [-0.39, 0.29) is 6.04 Å². The molecule has 5 heteroatoms. The Morgan fingerprint density at radius 2 is 2.10 bits per heavy atom. The van der Waals surface area contributed by atoms with Crippen molar-refractivity contribution >= 4 is 44.9 Å². The van der Waals surface area contributed by atoms with E-state index in [0.29, 0.717) is 5.29 Å². The number of thiophene rings is 1. The molecule has 4 rings (SSSR count). The molecule has 1 unspecified atom stereocenters. The van der Waals surface area contributed by atoms with Crippen molar-refractivity contribution in [1.29, 1.82) is 0 Å². The van der Waals surface area contributed by atoms with E-state index in [9.17, 15) is 0 Å². The van der Waals surface area contributed by atoms with Gasteiger partial charge in [0.05, 0.1) is 10.6 Å². The number of nitrogens with one attached hydrogen (secondary N) is 1. The van der Waals surface area contributed by atoms with E-state index in [4.69, 9.17) is 16.0 Å². The molecule has 1 atom stereocenters. The van der Waals surface area contributed by atoms with Crippen LogP contribution in [0.4, 0.5) is 0 Å². The Labute approximate surface area is 130 Å². The molecule has 0 fully saturated rings. The fourth-order valence-corrected chi connectivity index (χ4v) is 3.29. The van der Waals surface area contributed by atoms with Crippen molar-refractivity contribution in [3.63, 3.8) is 0 Å². The molecular weight excluding hydrogens is 304 g/mol. The third kappa shape index (κ3) is 2.37. The molecule has 1 N–H and O–H groups in total. The van der Waals surface area contributed by atoms with Crippen molar-refractivity contribution in [2.24, 2.45) is 4.99 Å². The SMILES string of the molecule is ClC1=NC(c2cc3ccccc3o2)C=C(c2cccs2)N1. The number of rotatable bonds is 2. The van der Waals surface area contributed by atoms with Crippen LogP contribution in [0.2, 0.25) is 0 Å². The lowest BCUT2D eigenvalue weighted by atomic mass is 10.1. The number of nitrogens with zero attached hydrogens (tertiary/aromatic N) is 1. The summed E-state index contributed by atoms with van der Waals surface area (Å²) in [5.41, 5.74) is 1.83. The van der Waals surface area contributed by atoms with Crippen molar-refractivity contribution < 1.29 is 4.42 Å². The van der Waals surface area contributed by atoms with Crippen molar-refractivity contribution in [3.05, 3.63) is 64.6 Å². The second kappa shape index (κ2) is 5.06. The molecule has 0 radical (unpaired) electrons. The Bertz CT molecular complexity index is 815. The van der Waals surface area contributed by atoms with Crippen LogP contribution in [0.15, 0.2) is 63.3 Å². The summed E-state index contributed by atoms with van der Waals surface area (Å²) < 4.78 is 5.89. The van der Waals surface area contributed by atoms with Crippen molar-refractivity contribution in [3.8, 4) is 0 Å². The minimum atomic E-state index is -0.205. The number of hydrogen-bond donors (Lipinski definition) is 1. The predicted molar refractivity (Wildman–Crippen MR) is 87.7 cm³/mol. The third-order valence-electron chi connectivity index (χ3n) is 3.34. The summed E-state index contributed by atoms with van der Waals surface area (Å²) in [5, 5.41) is 6.59. The number of halogens is 1. The zero-order chi connectivity index (χ0) is 14.2. The zero-order valence-corrected chi connectivity index (χ0v) is 12.5. The molecule has 1 aliphatic rings. The highest BCUT2D eigenvalue weighted by molar-refractivity contribution is 7.11. The topological polar surface area (TPSA) is 37.5 Å². The first kappa shape index (κ1) is 12.7. The van der Waals surface area contributed by atoms with Gasteiger partial charge >= 0.3 is 0 Å². The van der Waals surface area contributed by atoms with Crippen molar-refractivity contribution in [1.82, 2.24) is 5.32 Å². The number of furan rings is 1. The van der Waals surface area contributed by atoms with Crippen LogP contribution in [0.3, 0.4) is 0 Å². The van der Waals surface area contributed by atoms with E-state index in [1.165, 1.54) is 0 Å². The normalized spacial score (nSPS) is 18.2. The minimum absolute atomic E-state index is 0.205. The molecule has 0 spiro atoms. The molecule has 104 valence electrons. The predicted octanol–water partition coefficient (Wildman–Crippen LogP) is 4.77. The lowest BCUT2D eigenvalue weighted by molar-refractivity contribution is 0.530. The fraction of sp³-hybridized carbons (Fsp3) is 0.0625. The minimum Gasteiger partial charge on any atom is -0.458 e. The number of hydrogen-bond acceptors (Lipinski definition) is 4. The molecule has 0 saturated heterocycles. The van der Waals surface area contributed by atoms with Gasteiger partial charge in [-0.1, -0.05) is 24.3 Å². The second-order valence-corrected chi connectivity index (χ2v) is 6.04. The monoisotopic (exact) mass is 314 g/mol. The molecule has 0 bridgehead atoms. The van der Waals surface area contributed by atoms with Gasteiger partial charge in [-0.3, -0.25) is 0 Å². The van der Waals surface area contributed by atoms with Crippen LogP contribution < -0.4 is 5.32 Å². The van der Waals surface area contributed by atoms with Gasteiger partial charge in [0.25, 0.3) is 0 Å². The molecule has 21 heavy (non-hydrogen) atoms. The number of amidine groups is 1. The average Bonchev–Trinajstić information content (AvgIpc) is 3.16. The second-order valence-electron chi connectivity index (χ2n) is 4.73. The lowest BCUT2D eigenvalue weighted by Gasteiger charge is -2.17. The molecule has 1 aliphatic heterocycles. The van der Waals surface area contributed by atoms with Crippen molar-refractivity contribution in [2.75, 3.05) is 0 Å². The molecule has 0 amide bonds.